The molecule has 0 atom stereocenters. The molecule has 8 nitrogen and oxygen atoms in total. The van der Waals surface area contributed by atoms with Crippen LogP contribution in [0.5, 0.6) is 0 Å². The molecule has 3 heterocycles. The number of carbonyl (C=O) groups is 2. The summed E-state index contributed by atoms with van der Waals surface area (Å²) in [5.74, 6) is -0.172. The van der Waals surface area contributed by atoms with E-state index in [4.69, 9.17) is 0 Å². The van der Waals surface area contributed by atoms with Gasteiger partial charge in [-0.05, 0) is 0 Å². The third-order valence-electron chi connectivity index (χ3n) is 3.46. The van der Waals surface area contributed by atoms with E-state index < -0.39 is 0 Å². The molecule has 102 valence electrons. The van der Waals surface area contributed by atoms with Crippen LogP contribution < -0.4 is 10.6 Å². The van der Waals surface area contributed by atoms with E-state index in [1.165, 1.54) is 0 Å². The Kier molecular flexibility index (Phi) is 3.16. The summed E-state index contributed by atoms with van der Waals surface area (Å²) in [4.78, 5) is 25.1. The molecule has 19 heavy (non-hydrogen) atoms. The number of nitrogens with one attached hydrogen (secondary N) is 2. The van der Waals surface area contributed by atoms with Gasteiger partial charge in [0.25, 0.3) is 5.91 Å². The first-order chi connectivity index (χ1) is 9.24. The van der Waals surface area contributed by atoms with Crippen molar-refractivity contribution in [3.05, 3.63) is 11.9 Å². The molecule has 2 aliphatic heterocycles. The largest absolute Gasteiger partial charge is 0.354 e. The topological polar surface area (TPSA) is 92.2 Å². The summed E-state index contributed by atoms with van der Waals surface area (Å²) >= 11 is 0. The van der Waals surface area contributed by atoms with Gasteiger partial charge in [0.1, 0.15) is 0 Å². The van der Waals surface area contributed by atoms with Crippen LogP contribution in [0.15, 0.2) is 6.20 Å². The Labute approximate surface area is 110 Å². The quantitative estimate of drug-likeness (QED) is 0.670. The fourth-order valence-corrected chi connectivity index (χ4v) is 2.15. The van der Waals surface area contributed by atoms with Gasteiger partial charge in [-0.1, -0.05) is 5.21 Å². The summed E-state index contributed by atoms with van der Waals surface area (Å²) in [6.07, 6.45) is 2.03. The smallest absolute Gasteiger partial charge is 0.276 e. The Morgan fingerprint density at radius 2 is 2.21 bits per heavy atom. The Morgan fingerprint density at radius 3 is 2.95 bits per heavy atom. The lowest BCUT2D eigenvalue weighted by atomic mass is 10.2. The second-order valence-corrected chi connectivity index (χ2v) is 4.79. The second-order valence-electron chi connectivity index (χ2n) is 4.79. The average molecular weight is 264 g/mol. The van der Waals surface area contributed by atoms with Gasteiger partial charge in [0.2, 0.25) is 5.91 Å². The van der Waals surface area contributed by atoms with Crippen LogP contribution >= 0.6 is 0 Å². The molecule has 0 bridgehead atoms. The van der Waals surface area contributed by atoms with Gasteiger partial charge in [-0.25, -0.2) is 4.68 Å². The minimum absolute atomic E-state index is 0.0144. The molecular weight excluding hydrogens is 248 g/mol. The summed E-state index contributed by atoms with van der Waals surface area (Å²) in [7, 11) is 0. The van der Waals surface area contributed by atoms with Crippen molar-refractivity contribution in [3.8, 4) is 0 Å². The SMILES string of the molecule is O=C1CCN(C(=O)c2cn(C3CNC3)nn2)CCN1. The van der Waals surface area contributed by atoms with Gasteiger partial charge in [0.05, 0.1) is 12.2 Å². The lowest BCUT2D eigenvalue weighted by molar-refractivity contribution is -0.120. The number of hydrogen-bond acceptors (Lipinski definition) is 5. The van der Waals surface area contributed by atoms with Gasteiger partial charge < -0.3 is 15.5 Å². The fourth-order valence-electron chi connectivity index (χ4n) is 2.15. The number of carbonyl (C=O) groups excluding carboxylic acids is 2. The van der Waals surface area contributed by atoms with Gasteiger partial charge >= 0.3 is 0 Å². The number of hydrogen-bond donors (Lipinski definition) is 2. The van der Waals surface area contributed by atoms with Crippen molar-refractivity contribution in [2.24, 2.45) is 0 Å². The van der Waals surface area contributed by atoms with E-state index in [1.54, 1.807) is 15.8 Å². The zero-order valence-electron chi connectivity index (χ0n) is 10.5. The predicted molar refractivity (Wildman–Crippen MR) is 65.5 cm³/mol. The van der Waals surface area contributed by atoms with Crippen LogP contribution in [0.3, 0.4) is 0 Å². The van der Waals surface area contributed by atoms with E-state index in [1.807, 2.05) is 0 Å². The van der Waals surface area contributed by atoms with Gasteiger partial charge in [-0.2, -0.15) is 0 Å². The minimum Gasteiger partial charge on any atom is -0.354 e. The van der Waals surface area contributed by atoms with E-state index in [0.717, 1.165) is 13.1 Å². The maximum atomic E-state index is 12.3. The molecule has 2 fully saturated rings. The van der Waals surface area contributed by atoms with Gasteiger partial charge in [0, 0.05) is 39.1 Å². The highest BCUT2D eigenvalue weighted by Gasteiger charge is 2.25. The Balaban J connectivity index is 1.68. The molecule has 1 aromatic heterocycles. The van der Waals surface area contributed by atoms with Crippen LogP contribution in [0.2, 0.25) is 0 Å². The third-order valence-corrected chi connectivity index (χ3v) is 3.46. The molecule has 1 aromatic rings. The van der Waals surface area contributed by atoms with Crippen LogP contribution in [-0.4, -0.2) is 64.4 Å². The van der Waals surface area contributed by atoms with Gasteiger partial charge in [-0.3, -0.25) is 9.59 Å². The molecule has 0 spiro atoms. The highest BCUT2D eigenvalue weighted by molar-refractivity contribution is 5.92. The molecule has 2 aliphatic rings. The summed E-state index contributed by atoms with van der Waals surface area (Å²) in [6.45, 7) is 3.16. The molecule has 2 saturated heterocycles. The van der Waals surface area contributed by atoms with Crippen molar-refractivity contribution < 1.29 is 9.59 Å². The first-order valence-corrected chi connectivity index (χ1v) is 6.42. The van der Waals surface area contributed by atoms with Crippen molar-refractivity contribution in [2.45, 2.75) is 12.5 Å². The maximum absolute atomic E-state index is 12.3. The van der Waals surface area contributed by atoms with Crippen LogP contribution in [0.1, 0.15) is 23.0 Å². The maximum Gasteiger partial charge on any atom is 0.276 e. The minimum atomic E-state index is -0.157. The summed E-state index contributed by atoms with van der Waals surface area (Å²) in [5, 5.41) is 13.8. The highest BCUT2D eigenvalue weighted by atomic mass is 16.2. The molecule has 8 heteroatoms. The van der Waals surface area contributed by atoms with E-state index in [-0.39, 0.29) is 11.8 Å². The normalized spacial score (nSPS) is 20.6. The van der Waals surface area contributed by atoms with Crippen molar-refractivity contribution in [3.63, 3.8) is 0 Å². The third kappa shape index (κ3) is 2.43. The van der Waals surface area contributed by atoms with Crippen molar-refractivity contribution in [2.75, 3.05) is 32.7 Å². The zero-order chi connectivity index (χ0) is 13.2. The molecular formula is C11H16N6O2. The zero-order valence-corrected chi connectivity index (χ0v) is 10.5. The molecule has 0 aromatic carbocycles. The van der Waals surface area contributed by atoms with Crippen molar-refractivity contribution in [1.29, 1.82) is 0 Å². The first kappa shape index (κ1) is 12.1. The lowest BCUT2D eigenvalue weighted by Gasteiger charge is -2.26. The fraction of sp³-hybridized carbons (Fsp3) is 0.636. The average Bonchev–Trinajstić information content (AvgIpc) is 2.69. The molecule has 0 unspecified atom stereocenters. The molecule has 0 radical (unpaired) electrons. The summed E-state index contributed by atoms with van der Waals surface area (Å²) in [6, 6.07) is 0.293. The van der Waals surface area contributed by atoms with Gasteiger partial charge in [-0.15, -0.1) is 5.10 Å². The van der Waals surface area contributed by atoms with Crippen LogP contribution in [-0.2, 0) is 4.79 Å². The summed E-state index contributed by atoms with van der Waals surface area (Å²) < 4.78 is 1.73. The van der Waals surface area contributed by atoms with Crippen molar-refractivity contribution >= 4 is 11.8 Å². The van der Waals surface area contributed by atoms with E-state index in [9.17, 15) is 9.59 Å². The monoisotopic (exact) mass is 264 g/mol. The Hall–Kier alpha value is -1.96. The molecule has 3 rings (SSSR count). The van der Waals surface area contributed by atoms with E-state index in [2.05, 4.69) is 20.9 Å². The number of nitrogens with zero attached hydrogens (tertiary/aromatic N) is 4. The Bertz CT molecular complexity index is 495. The summed E-state index contributed by atoms with van der Waals surface area (Å²) in [5.41, 5.74) is 0.348. The predicted octanol–water partition coefficient (Wildman–Crippen LogP) is -1.62. The number of rotatable bonds is 2. The standard InChI is InChI=1S/C11H16N6O2/c18-10-1-3-16(4-2-13-10)11(19)9-7-17(15-14-9)8-5-12-6-8/h7-8,12H,1-6H2,(H,13,18). The Morgan fingerprint density at radius 1 is 1.37 bits per heavy atom. The first-order valence-electron chi connectivity index (χ1n) is 6.42. The van der Waals surface area contributed by atoms with Crippen LogP contribution in [0, 0.1) is 0 Å². The van der Waals surface area contributed by atoms with Gasteiger partial charge in [0.15, 0.2) is 5.69 Å². The van der Waals surface area contributed by atoms with E-state index >= 15 is 0 Å². The van der Waals surface area contributed by atoms with Crippen molar-refractivity contribution in [1.82, 2.24) is 30.5 Å². The molecule has 2 amide bonds. The van der Waals surface area contributed by atoms with E-state index in [0.29, 0.717) is 37.8 Å². The number of amides is 2. The second kappa shape index (κ2) is 4.96. The van der Waals surface area contributed by atoms with Crippen LogP contribution in [0.25, 0.3) is 0 Å². The van der Waals surface area contributed by atoms with Crippen LogP contribution in [0.4, 0.5) is 0 Å². The lowest BCUT2D eigenvalue weighted by Crippen LogP contribution is -2.43. The molecule has 0 saturated carbocycles. The molecule has 2 N–H and O–H groups in total. The highest BCUT2D eigenvalue weighted by Crippen LogP contribution is 2.11. The molecule has 0 aliphatic carbocycles. The number of aromatic nitrogens is 3.